The molecule has 0 spiro atoms. The van der Waals surface area contributed by atoms with Crippen molar-refractivity contribution in [3.63, 3.8) is 0 Å². The van der Waals surface area contributed by atoms with Gasteiger partial charge in [-0.05, 0) is 53.6 Å². The van der Waals surface area contributed by atoms with Gasteiger partial charge in [0.25, 0.3) is 0 Å². The van der Waals surface area contributed by atoms with E-state index < -0.39 is 5.60 Å². The van der Waals surface area contributed by atoms with Crippen molar-refractivity contribution in [2.75, 3.05) is 13.7 Å². The Labute approximate surface area is 135 Å². The first-order valence-corrected chi connectivity index (χ1v) is 7.62. The van der Waals surface area contributed by atoms with E-state index in [1.807, 2.05) is 12.1 Å². The van der Waals surface area contributed by atoms with Gasteiger partial charge in [-0.3, -0.25) is 0 Å². The van der Waals surface area contributed by atoms with Crippen LogP contribution in [0.1, 0.15) is 18.2 Å². The lowest BCUT2D eigenvalue weighted by molar-refractivity contribution is 0.0340. The fourth-order valence-corrected chi connectivity index (χ4v) is 2.63. The Balaban J connectivity index is 1.65. The highest BCUT2D eigenvalue weighted by Crippen LogP contribution is 2.22. The average molecular weight is 311 g/mol. The van der Waals surface area contributed by atoms with Gasteiger partial charge >= 0.3 is 0 Å². The molecule has 0 bridgehead atoms. The predicted octanol–water partition coefficient (Wildman–Crippen LogP) is 3.44. The highest BCUT2D eigenvalue weighted by atomic mass is 16.5. The van der Waals surface area contributed by atoms with Gasteiger partial charge in [0, 0.05) is 13.1 Å². The van der Waals surface area contributed by atoms with Crippen LogP contribution < -0.4 is 10.1 Å². The van der Waals surface area contributed by atoms with Crippen LogP contribution in [0.5, 0.6) is 5.75 Å². The fourth-order valence-electron chi connectivity index (χ4n) is 2.63. The molecule has 2 N–H and O–H groups in total. The largest absolute Gasteiger partial charge is 0.497 e. The summed E-state index contributed by atoms with van der Waals surface area (Å²) >= 11 is 0. The summed E-state index contributed by atoms with van der Waals surface area (Å²) < 4.78 is 10.5. The van der Waals surface area contributed by atoms with Gasteiger partial charge in [-0.2, -0.15) is 0 Å². The van der Waals surface area contributed by atoms with E-state index in [-0.39, 0.29) is 0 Å². The Morgan fingerprint density at radius 1 is 1.13 bits per heavy atom. The van der Waals surface area contributed by atoms with Gasteiger partial charge in [-0.25, -0.2) is 0 Å². The first kappa shape index (κ1) is 15.6. The van der Waals surface area contributed by atoms with Crippen LogP contribution in [0.4, 0.5) is 0 Å². The molecule has 0 radical (unpaired) electrons. The number of methoxy groups -OCH3 is 1. The minimum atomic E-state index is -1.02. The van der Waals surface area contributed by atoms with Crippen LogP contribution in [-0.4, -0.2) is 18.8 Å². The first-order chi connectivity index (χ1) is 11.1. The maximum absolute atomic E-state index is 10.4. The molecule has 1 unspecified atom stereocenters. The molecule has 0 aliphatic rings. The van der Waals surface area contributed by atoms with Crippen LogP contribution in [0.25, 0.3) is 10.8 Å². The van der Waals surface area contributed by atoms with Crippen LogP contribution in [0, 0.1) is 0 Å². The van der Waals surface area contributed by atoms with E-state index in [1.54, 1.807) is 32.4 Å². The highest BCUT2D eigenvalue weighted by molar-refractivity contribution is 5.84. The zero-order valence-corrected chi connectivity index (χ0v) is 13.4. The molecule has 1 atom stereocenters. The van der Waals surface area contributed by atoms with Crippen molar-refractivity contribution >= 4 is 10.8 Å². The molecule has 0 aliphatic carbocycles. The van der Waals surface area contributed by atoms with Gasteiger partial charge in [-0.1, -0.05) is 18.2 Å². The normalized spacial score (nSPS) is 13.9. The summed E-state index contributed by atoms with van der Waals surface area (Å²) in [5.74, 6) is 1.42. The number of rotatable bonds is 6. The number of nitrogens with one attached hydrogen (secondary N) is 1. The fraction of sp³-hybridized carbons (Fsp3) is 0.263. The Morgan fingerprint density at radius 3 is 2.65 bits per heavy atom. The Hall–Kier alpha value is -2.30. The molecule has 3 aromatic rings. The molecule has 23 heavy (non-hydrogen) atoms. The smallest absolute Gasteiger partial charge is 0.136 e. The molecule has 3 rings (SSSR count). The van der Waals surface area contributed by atoms with Crippen LogP contribution in [0.2, 0.25) is 0 Å². The molecule has 2 aromatic carbocycles. The van der Waals surface area contributed by atoms with Crippen LogP contribution in [0.15, 0.2) is 59.2 Å². The predicted molar refractivity (Wildman–Crippen MR) is 90.5 cm³/mol. The summed E-state index contributed by atoms with van der Waals surface area (Å²) in [6.45, 7) is 2.84. The van der Waals surface area contributed by atoms with E-state index >= 15 is 0 Å². The minimum absolute atomic E-state index is 0.418. The number of hydrogen-bond acceptors (Lipinski definition) is 4. The highest BCUT2D eigenvalue weighted by Gasteiger charge is 2.25. The van der Waals surface area contributed by atoms with E-state index in [9.17, 15) is 5.11 Å². The summed E-state index contributed by atoms with van der Waals surface area (Å²) in [5.41, 5.74) is 0.145. The molecule has 4 heteroatoms. The number of fused-ring (bicyclic) bond motifs is 1. The summed E-state index contributed by atoms with van der Waals surface area (Å²) in [6.07, 6.45) is 1.57. The van der Waals surface area contributed by atoms with Crippen molar-refractivity contribution in [2.45, 2.75) is 19.1 Å². The average Bonchev–Trinajstić information content (AvgIpc) is 3.09. The van der Waals surface area contributed by atoms with E-state index in [1.165, 1.54) is 5.39 Å². The van der Waals surface area contributed by atoms with Crippen LogP contribution in [-0.2, 0) is 12.1 Å². The summed E-state index contributed by atoms with van der Waals surface area (Å²) in [5, 5.41) is 16.0. The SMILES string of the molecule is COc1ccc2cc(CNCC(C)(O)c3ccco3)ccc2c1. The Morgan fingerprint density at radius 2 is 1.91 bits per heavy atom. The molecule has 0 saturated heterocycles. The van der Waals surface area contributed by atoms with Crippen molar-refractivity contribution in [2.24, 2.45) is 0 Å². The van der Waals surface area contributed by atoms with E-state index in [0.717, 1.165) is 16.7 Å². The first-order valence-electron chi connectivity index (χ1n) is 7.62. The second-order valence-corrected chi connectivity index (χ2v) is 5.90. The third-order valence-electron chi connectivity index (χ3n) is 3.96. The van der Waals surface area contributed by atoms with E-state index in [2.05, 4.69) is 29.6 Å². The van der Waals surface area contributed by atoms with Gasteiger partial charge in [0.1, 0.15) is 17.1 Å². The van der Waals surface area contributed by atoms with Gasteiger partial charge in [0.2, 0.25) is 0 Å². The molecular formula is C19H21NO3. The number of benzene rings is 2. The van der Waals surface area contributed by atoms with Crippen molar-refractivity contribution in [3.05, 3.63) is 66.1 Å². The maximum atomic E-state index is 10.4. The van der Waals surface area contributed by atoms with Crippen LogP contribution >= 0.6 is 0 Å². The third-order valence-corrected chi connectivity index (χ3v) is 3.96. The van der Waals surface area contributed by atoms with E-state index in [4.69, 9.17) is 9.15 Å². The molecular weight excluding hydrogens is 290 g/mol. The zero-order chi connectivity index (χ0) is 16.3. The van der Waals surface area contributed by atoms with Gasteiger partial charge in [-0.15, -0.1) is 0 Å². The standard InChI is InChI=1S/C19H21NO3/c1-19(21,18-4-3-9-23-18)13-20-12-14-5-6-16-11-17(22-2)8-7-15(16)10-14/h3-11,20-21H,12-13H2,1-2H3. The van der Waals surface area contributed by atoms with Crippen molar-refractivity contribution in [3.8, 4) is 5.75 Å². The topological polar surface area (TPSA) is 54.6 Å². The molecule has 120 valence electrons. The molecule has 0 aliphatic heterocycles. The summed E-state index contributed by atoms with van der Waals surface area (Å²) in [7, 11) is 1.67. The molecule has 4 nitrogen and oxygen atoms in total. The Bertz CT molecular complexity index is 778. The van der Waals surface area contributed by atoms with Crippen molar-refractivity contribution < 1.29 is 14.3 Å². The van der Waals surface area contributed by atoms with Gasteiger partial charge in [0.05, 0.1) is 13.4 Å². The lowest BCUT2D eigenvalue weighted by Crippen LogP contribution is -2.34. The zero-order valence-electron chi connectivity index (χ0n) is 13.4. The lowest BCUT2D eigenvalue weighted by Gasteiger charge is -2.21. The third kappa shape index (κ3) is 3.55. The summed E-state index contributed by atoms with van der Waals surface area (Å²) in [4.78, 5) is 0. The monoisotopic (exact) mass is 311 g/mol. The molecule has 1 heterocycles. The minimum Gasteiger partial charge on any atom is -0.497 e. The number of aliphatic hydroxyl groups is 1. The molecule has 0 amide bonds. The van der Waals surface area contributed by atoms with Gasteiger partial charge < -0.3 is 19.6 Å². The second kappa shape index (κ2) is 6.44. The van der Waals surface area contributed by atoms with E-state index in [0.29, 0.717) is 18.8 Å². The Kier molecular flexibility index (Phi) is 4.37. The molecule has 1 aromatic heterocycles. The van der Waals surface area contributed by atoms with Crippen molar-refractivity contribution in [1.82, 2.24) is 5.32 Å². The summed E-state index contributed by atoms with van der Waals surface area (Å²) in [6, 6.07) is 15.9. The lowest BCUT2D eigenvalue weighted by atomic mass is 10.0. The number of hydrogen-bond donors (Lipinski definition) is 2. The molecule has 0 saturated carbocycles. The number of furan rings is 1. The quantitative estimate of drug-likeness (QED) is 0.732. The maximum Gasteiger partial charge on any atom is 0.136 e. The van der Waals surface area contributed by atoms with Crippen LogP contribution in [0.3, 0.4) is 0 Å². The van der Waals surface area contributed by atoms with Gasteiger partial charge in [0.15, 0.2) is 0 Å². The van der Waals surface area contributed by atoms with Crippen molar-refractivity contribution in [1.29, 1.82) is 0 Å². The molecule has 0 fully saturated rings. The number of ether oxygens (including phenoxy) is 1. The second-order valence-electron chi connectivity index (χ2n) is 5.90.